The summed E-state index contributed by atoms with van der Waals surface area (Å²) < 4.78 is 13.4. The molecule has 0 atom stereocenters. The van der Waals surface area contributed by atoms with Gasteiger partial charge in [-0.1, -0.05) is 87.3 Å². The summed E-state index contributed by atoms with van der Waals surface area (Å²) in [6.07, 6.45) is 3.24. The predicted molar refractivity (Wildman–Crippen MR) is 201 cm³/mol. The van der Waals surface area contributed by atoms with Crippen LogP contribution < -0.4 is 9.47 Å². The van der Waals surface area contributed by atoms with Crippen LogP contribution in [-0.4, -0.2) is 29.6 Å². The minimum atomic E-state index is -0.466. The van der Waals surface area contributed by atoms with E-state index in [-0.39, 0.29) is 29.0 Å². The van der Waals surface area contributed by atoms with Crippen LogP contribution >= 0.6 is 45.8 Å². The first-order valence-corrected chi connectivity index (χ1v) is 18.5. The fraction of sp³-hybridized carbons (Fsp3) is 0.400. The van der Waals surface area contributed by atoms with E-state index in [1.54, 1.807) is 12.1 Å². The summed E-state index contributed by atoms with van der Waals surface area (Å²) in [5.41, 5.74) is 6.27. The Balaban J connectivity index is 1.48. The van der Waals surface area contributed by atoms with Crippen molar-refractivity contribution in [2.24, 2.45) is 10.8 Å². The predicted octanol–water partition coefficient (Wildman–Crippen LogP) is 10.5. The molecule has 6 rings (SSSR count). The highest BCUT2D eigenvalue weighted by Gasteiger charge is 2.49. The van der Waals surface area contributed by atoms with E-state index in [0.717, 1.165) is 56.5 Å². The van der Waals surface area contributed by atoms with Crippen LogP contribution in [-0.2, 0) is 22.6 Å². The maximum atomic E-state index is 14.3. The number of halogens is 3. The molecule has 0 N–H and O–H groups in total. The lowest BCUT2D eigenvalue weighted by atomic mass is 9.63. The molecule has 0 amide bonds. The van der Waals surface area contributed by atoms with Gasteiger partial charge in [0, 0.05) is 47.8 Å². The molecule has 0 radical (unpaired) electrons. The van der Waals surface area contributed by atoms with Crippen LogP contribution in [0.15, 0.2) is 83.2 Å². The fourth-order valence-electron chi connectivity index (χ4n) is 7.48. The largest absolute Gasteiger partial charge is 0.490 e. The van der Waals surface area contributed by atoms with Gasteiger partial charge >= 0.3 is 0 Å². The highest BCUT2D eigenvalue weighted by atomic mass is 127. The Kier molecular flexibility index (Phi) is 10.1. The zero-order chi connectivity index (χ0) is 34.4. The van der Waals surface area contributed by atoms with Crippen molar-refractivity contribution < 1.29 is 19.1 Å². The molecule has 0 spiro atoms. The average Bonchev–Trinajstić information content (AvgIpc) is 3.00. The molecule has 0 fully saturated rings. The lowest BCUT2D eigenvalue weighted by Crippen LogP contribution is -2.45. The third kappa shape index (κ3) is 7.22. The zero-order valence-electron chi connectivity index (χ0n) is 28.2. The van der Waals surface area contributed by atoms with E-state index in [1.165, 1.54) is 5.56 Å². The molecule has 3 aliphatic rings. The van der Waals surface area contributed by atoms with Gasteiger partial charge in [-0.3, -0.25) is 9.59 Å². The van der Waals surface area contributed by atoms with E-state index < -0.39 is 5.92 Å². The number of carbonyl (C=O) groups is 2. The molecule has 2 aliphatic carbocycles. The topological polar surface area (TPSA) is 55.8 Å². The lowest BCUT2D eigenvalue weighted by Gasteiger charge is -2.49. The summed E-state index contributed by atoms with van der Waals surface area (Å²) in [4.78, 5) is 31.0. The number of nitrogens with zero attached hydrogens (tertiary/aromatic N) is 1. The van der Waals surface area contributed by atoms with E-state index in [0.29, 0.717) is 47.5 Å². The van der Waals surface area contributed by atoms with Crippen molar-refractivity contribution >= 4 is 57.4 Å². The molecule has 0 saturated carbocycles. The first-order chi connectivity index (χ1) is 22.8. The van der Waals surface area contributed by atoms with Crippen LogP contribution in [0.4, 0.5) is 0 Å². The van der Waals surface area contributed by atoms with E-state index >= 15 is 0 Å². The second-order valence-electron chi connectivity index (χ2n) is 14.7. The molecule has 3 aromatic rings. The number of ether oxygens (including phenoxy) is 2. The number of ketones is 2. The van der Waals surface area contributed by atoms with Crippen molar-refractivity contribution in [2.45, 2.75) is 79.2 Å². The quantitative estimate of drug-likeness (QED) is 0.202. The summed E-state index contributed by atoms with van der Waals surface area (Å²) in [5.74, 6) is 0.971. The maximum absolute atomic E-state index is 14.3. The van der Waals surface area contributed by atoms with E-state index in [2.05, 4.69) is 85.5 Å². The van der Waals surface area contributed by atoms with Crippen molar-refractivity contribution in [2.75, 3.05) is 13.2 Å². The first kappa shape index (κ1) is 35.0. The van der Waals surface area contributed by atoms with Gasteiger partial charge in [0.05, 0.1) is 20.2 Å². The molecular weight excluding hydrogens is 756 g/mol. The highest BCUT2D eigenvalue weighted by Crippen LogP contribution is 2.55. The van der Waals surface area contributed by atoms with Gasteiger partial charge in [0.2, 0.25) is 0 Å². The number of Topliss-reactive ketones (excluding diaryl/α,β-unsaturated/α-hetero) is 2. The third-order valence-electron chi connectivity index (χ3n) is 9.52. The molecule has 1 aliphatic heterocycles. The number of rotatable bonds is 9. The summed E-state index contributed by atoms with van der Waals surface area (Å²) >= 11 is 14.7. The van der Waals surface area contributed by atoms with Crippen molar-refractivity contribution in [3.63, 3.8) is 0 Å². The third-order valence-corrected chi connectivity index (χ3v) is 11.1. The van der Waals surface area contributed by atoms with E-state index in [9.17, 15) is 9.59 Å². The van der Waals surface area contributed by atoms with Crippen LogP contribution in [0.3, 0.4) is 0 Å². The smallest absolute Gasteiger partial charge is 0.174 e. The van der Waals surface area contributed by atoms with Crippen LogP contribution in [0, 0.1) is 14.4 Å². The molecule has 5 nitrogen and oxygen atoms in total. The monoisotopic (exact) mass is 797 g/mol. The number of allylic oxidation sites excluding steroid dienone is 4. The summed E-state index contributed by atoms with van der Waals surface area (Å²) in [6.45, 7) is 12.1. The molecular formula is C40H42Cl2INO4. The van der Waals surface area contributed by atoms with Crippen LogP contribution in [0.25, 0.3) is 0 Å². The standard InChI is InChI=1S/C40H42Cl2INO4/c1-6-47-34-18-26(17-29(43)38(34)48-23-25-12-13-27(41)28(42)16-25)35-36-30(19-39(2,3)21-32(36)45)44(15-14-24-10-8-7-9-11-24)31-20-40(4,5)22-33(46)37(31)35/h7-13,16-18,35H,6,14-15,19-23H2,1-5H3. The molecule has 8 heteroatoms. The Hall–Kier alpha value is -2.81. The minimum Gasteiger partial charge on any atom is -0.490 e. The summed E-state index contributed by atoms with van der Waals surface area (Å²) in [6, 6.07) is 19.9. The highest BCUT2D eigenvalue weighted by molar-refractivity contribution is 14.1. The van der Waals surface area contributed by atoms with Gasteiger partial charge in [-0.2, -0.15) is 0 Å². The Bertz CT molecular complexity index is 1770. The Morgan fingerprint density at radius 2 is 1.42 bits per heavy atom. The number of hydrogen-bond acceptors (Lipinski definition) is 5. The number of carbonyl (C=O) groups excluding carboxylic acids is 2. The van der Waals surface area contributed by atoms with Gasteiger partial charge in [0.25, 0.3) is 0 Å². The number of hydrogen-bond donors (Lipinski definition) is 0. The van der Waals surface area contributed by atoms with Gasteiger partial charge in [-0.05, 0) is 101 Å². The maximum Gasteiger partial charge on any atom is 0.174 e. The Morgan fingerprint density at radius 3 is 2.00 bits per heavy atom. The van der Waals surface area contributed by atoms with Crippen LogP contribution in [0.5, 0.6) is 11.5 Å². The van der Waals surface area contributed by atoms with Crippen molar-refractivity contribution in [1.82, 2.24) is 4.90 Å². The van der Waals surface area contributed by atoms with E-state index in [4.69, 9.17) is 32.7 Å². The zero-order valence-corrected chi connectivity index (χ0v) is 31.9. The lowest BCUT2D eigenvalue weighted by molar-refractivity contribution is -0.119. The van der Waals surface area contributed by atoms with Gasteiger partial charge in [0.1, 0.15) is 6.61 Å². The Labute approximate surface area is 307 Å². The van der Waals surface area contributed by atoms with Crippen LogP contribution in [0.1, 0.15) is 82.9 Å². The molecule has 48 heavy (non-hydrogen) atoms. The molecule has 252 valence electrons. The van der Waals surface area contributed by atoms with Crippen molar-refractivity contribution in [1.29, 1.82) is 0 Å². The van der Waals surface area contributed by atoms with Gasteiger partial charge in [0.15, 0.2) is 23.1 Å². The van der Waals surface area contributed by atoms with E-state index in [1.807, 2.05) is 25.1 Å². The van der Waals surface area contributed by atoms with Gasteiger partial charge < -0.3 is 14.4 Å². The summed E-state index contributed by atoms with van der Waals surface area (Å²) in [5, 5.41) is 0.959. The SMILES string of the molecule is CCOc1cc(C2C3=C(CC(C)(C)CC3=O)N(CCc3ccccc3)C3=C2C(=O)CC(C)(C)C3)cc(I)c1OCc1ccc(Cl)c(Cl)c1. The second kappa shape index (κ2) is 13.8. The average molecular weight is 799 g/mol. The molecule has 0 saturated heterocycles. The molecule has 0 unspecified atom stereocenters. The molecule has 0 aromatic heterocycles. The molecule has 1 heterocycles. The van der Waals surface area contributed by atoms with Crippen LogP contribution in [0.2, 0.25) is 10.0 Å². The molecule has 0 bridgehead atoms. The van der Waals surface area contributed by atoms with Crippen molar-refractivity contribution in [3.8, 4) is 11.5 Å². The van der Waals surface area contributed by atoms with Gasteiger partial charge in [-0.15, -0.1) is 0 Å². The molecule has 3 aromatic carbocycles. The van der Waals surface area contributed by atoms with Gasteiger partial charge in [-0.25, -0.2) is 0 Å². The first-order valence-electron chi connectivity index (χ1n) is 16.6. The second-order valence-corrected chi connectivity index (χ2v) is 16.7. The Morgan fingerprint density at radius 1 is 0.792 bits per heavy atom. The normalized spacial score (nSPS) is 19.0. The fourth-order valence-corrected chi connectivity index (χ4v) is 8.58. The summed E-state index contributed by atoms with van der Waals surface area (Å²) in [7, 11) is 0. The van der Waals surface area contributed by atoms with Crippen molar-refractivity contribution in [3.05, 3.63) is 114 Å². The number of benzene rings is 3. The minimum absolute atomic E-state index is 0.119.